The van der Waals surface area contributed by atoms with Crippen molar-refractivity contribution in [3.63, 3.8) is 0 Å². The Balaban J connectivity index is 1.86. The van der Waals surface area contributed by atoms with E-state index in [1.165, 1.54) is 38.5 Å². The summed E-state index contributed by atoms with van der Waals surface area (Å²) < 4.78 is 12.5. The molecule has 0 unspecified atom stereocenters. The van der Waals surface area contributed by atoms with Crippen molar-refractivity contribution >= 4 is 27.5 Å². The molecular weight excluding hydrogens is 468 g/mol. The van der Waals surface area contributed by atoms with Gasteiger partial charge in [0, 0.05) is 16.7 Å². The predicted molar refractivity (Wildman–Crippen MR) is 136 cm³/mol. The summed E-state index contributed by atoms with van der Waals surface area (Å²) in [6.45, 7) is 8.38. The molecule has 0 aromatic heterocycles. The summed E-state index contributed by atoms with van der Waals surface area (Å²) in [6.07, 6.45) is 7.74. The van der Waals surface area contributed by atoms with Crippen LogP contribution in [0.25, 0.3) is 0 Å². The zero-order chi connectivity index (χ0) is 23.2. The molecule has 0 aliphatic carbocycles. The molecule has 32 heavy (non-hydrogen) atoms. The van der Waals surface area contributed by atoms with Crippen LogP contribution < -0.4 is 20.1 Å². The van der Waals surface area contributed by atoms with Gasteiger partial charge in [-0.15, -0.1) is 0 Å². The van der Waals surface area contributed by atoms with Crippen LogP contribution in [0.1, 0.15) is 63.5 Å². The van der Waals surface area contributed by atoms with Crippen LogP contribution in [0.5, 0.6) is 11.5 Å². The summed E-state index contributed by atoms with van der Waals surface area (Å²) in [4.78, 5) is 12.3. The van der Waals surface area contributed by atoms with Crippen molar-refractivity contribution in [1.29, 1.82) is 0 Å². The third kappa shape index (κ3) is 9.61. The predicted octanol–water partition coefficient (Wildman–Crippen LogP) is 6.62. The Morgan fingerprint density at radius 3 is 2.34 bits per heavy atom. The smallest absolute Gasteiger partial charge is 0.262 e. The molecule has 2 N–H and O–H groups in total. The van der Waals surface area contributed by atoms with E-state index in [4.69, 9.17) is 9.47 Å². The number of anilines is 1. The number of benzene rings is 2. The lowest BCUT2D eigenvalue weighted by molar-refractivity contribution is -0.118. The highest BCUT2D eigenvalue weighted by Gasteiger charge is 2.13. The van der Waals surface area contributed by atoms with Gasteiger partial charge in [-0.1, -0.05) is 72.7 Å². The molecule has 2 aromatic rings. The highest BCUT2D eigenvalue weighted by molar-refractivity contribution is 9.10. The highest BCUT2D eigenvalue weighted by Crippen LogP contribution is 2.34. The number of ether oxygens (including phenoxy) is 2. The molecule has 6 heteroatoms. The number of rotatable bonds is 15. The first-order valence-corrected chi connectivity index (χ1v) is 12.5. The molecule has 1 amide bonds. The van der Waals surface area contributed by atoms with Gasteiger partial charge in [0.15, 0.2) is 18.1 Å². The first-order chi connectivity index (χ1) is 15.5. The third-order valence-corrected chi connectivity index (χ3v) is 5.87. The minimum atomic E-state index is -0.211. The summed E-state index contributed by atoms with van der Waals surface area (Å²) >= 11 is 3.64. The van der Waals surface area contributed by atoms with E-state index >= 15 is 0 Å². The van der Waals surface area contributed by atoms with E-state index < -0.39 is 0 Å². The molecule has 0 heterocycles. The number of amides is 1. The fraction of sp³-hybridized carbons (Fsp3) is 0.500. The average Bonchev–Trinajstić information content (AvgIpc) is 2.78. The Morgan fingerprint density at radius 2 is 1.62 bits per heavy atom. The van der Waals surface area contributed by atoms with Crippen molar-refractivity contribution in [1.82, 2.24) is 5.32 Å². The van der Waals surface area contributed by atoms with Gasteiger partial charge in [-0.25, -0.2) is 0 Å². The van der Waals surface area contributed by atoms with Crippen molar-refractivity contribution in [2.45, 2.75) is 65.8 Å². The normalized spacial score (nSPS) is 10.8. The van der Waals surface area contributed by atoms with Gasteiger partial charge in [0.2, 0.25) is 0 Å². The molecule has 0 saturated heterocycles. The van der Waals surface area contributed by atoms with E-state index in [1.54, 1.807) is 0 Å². The van der Waals surface area contributed by atoms with Crippen LogP contribution in [0.3, 0.4) is 0 Å². The van der Waals surface area contributed by atoms with E-state index in [0.29, 0.717) is 18.1 Å². The maximum absolute atomic E-state index is 12.3. The molecule has 5 nitrogen and oxygen atoms in total. The Hall–Kier alpha value is -2.05. The molecule has 0 aliphatic heterocycles. The molecule has 0 saturated carbocycles. The van der Waals surface area contributed by atoms with Gasteiger partial charge < -0.3 is 20.1 Å². The Labute approximate surface area is 201 Å². The topological polar surface area (TPSA) is 59.6 Å². The quantitative estimate of drug-likeness (QED) is 0.267. The molecule has 2 rings (SSSR count). The number of hydrogen-bond acceptors (Lipinski definition) is 4. The molecular formula is C26H37BrN2O3. The van der Waals surface area contributed by atoms with Crippen LogP contribution in [0.4, 0.5) is 5.69 Å². The summed E-state index contributed by atoms with van der Waals surface area (Å²) in [7, 11) is 0. The van der Waals surface area contributed by atoms with Gasteiger partial charge in [-0.3, -0.25) is 4.79 Å². The minimum Gasteiger partial charge on any atom is -0.490 e. The van der Waals surface area contributed by atoms with Gasteiger partial charge in [0.1, 0.15) is 0 Å². The molecule has 0 radical (unpaired) electrons. The van der Waals surface area contributed by atoms with Crippen LogP contribution in [-0.4, -0.2) is 25.7 Å². The fourth-order valence-electron chi connectivity index (χ4n) is 3.32. The summed E-state index contributed by atoms with van der Waals surface area (Å²) in [6, 6.07) is 11.5. The minimum absolute atomic E-state index is 0.0873. The van der Waals surface area contributed by atoms with E-state index in [9.17, 15) is 4.79 Å². The molecule has 0 fully saturated rings. The van der Waals surface area contributed by atoms with Gasteiger partial charge in [0.05, 0.1) is 6.61 Å². The Bertz CT molecular complexity index is 825. The standard InChI is InChI=1S/C26H37BrN2O3/c1-4-6-7-8-9-10-15-28-18-21-16-24(31-5-2)25(17-23(21)27)32-19-26(30)29-22-13-11-20(3)12-14-22/h11-14,16-17,28H,4-10,15,18-19H2,1-3H3,(H,29,30). The van der Waals surface area contributed by atoms with Crippen LogP contribution in [-0.2, 0) is 11.3 Å². The van der Waals surface area contributed by atoms with Crippen molar-refractivity contribution in [3.05, 3.63) is 52.0 Å². The number of nitrogens with one attached hydrogen (secondary N) is 2. The van der Waals surface area contributed by atoms with Gasteiger partial charge in [-0.05, 0) is 56.6 Å². The van der Waals surface area contributed by atoms with Crippen molar-refractivity contribution in [3.8, 4) is 11.5 Å². The van der Waals surface area contributed by atoms with Crippen molar-refractivity contribution < 1.29 is 14.3 Å². The summed E-state index contributed by atoms with van der Waals surface area (Å²) in [5.74, 6) is 0.991. The number of carbonyl (C=O) groups excluding carboxylic acids is 1. The molecule has 2 aromatic carbocycles. The second kappa shape index (κ2) is 14.9. The first kappa shape index (κ1) is 26.2. The lowest BCUT2D eigenvalue weighted by Gasteiger charge is -2.15. The molecule has 0 aliphatic rings. The van der Waals surface area contributed by atoms with E-state index in [-0.39, 0.29) is 12.5 Å². The van der Waals surface area contributed by atoms with Gasteiger partial charge >= 0.3 is 0 Å². The zero-order valence-corrected chi connectivity index (χ0v) is 21.2. The molecule has 0 atom stereocenters. The maximum Gasteiger partial charge on any atom is 0.262 e. The maximum atomic E-state index is 12.3. The second-order valence-electron chi connectivity index (χ2n) is 7.97. The van der Waals surface area contributed by atoms with Gasteiger partial charge in [-0.2, -0.15) is 0 Å². The Kier molecular flexibility index (Phi) is 12.2. The number of carbonyl (C=O) groups is 1. The lowest BCUT2D eigenvalue weighted by Crippen LogP contribution is -2.20. The zero-order valence-electron chi connectivity index (χ0n) is 19.6. The number of halogens is 1. The Morgan fingerprint density at radius 1 is 0.938 bits per heavy atom. The SMILES string of the molecule is CCCCCCCCNCc1cc(OCC)c(OCC(=O)Nc2ccc(C)cc2)cc1Br. The van der Waals surface area contributed by atoms with E-state index in [2.05, 4.69) is 33.5 Å². The van der Waals surface area contributed by atoms with Crippen LogP contribution in [0.15, 0.2) is 40.9 Å². The van der Waals surface area contributed by atoms with Crippen LogP contribution in [0.2, 0.25) is 0 Å². The van der Waals surface area contributed by atoms with Crippen LogP contribution in [0, 0.1) is 6.92 Å². The number of unbranched alkanes of at least 4 members (excludes halogenated alkanes) is 5. The largest absolute Gasteiger partial charge is 0.490 e. The van der Waals surface area contributed by atoms with Crippen molar-refractivity contribution in [2.24, 2.45) is 0 Å². The average molecular weight is 505 g/mol. The molecule has 0 spiro atoms. The first-order valence-electron chi connectivity index (χ1n) is 11.7. The number of aryl methyl sites for hydroxylation is 1. The summed E-state index contributed by atoms with van der Waals surface area (Å²) in [5, 5.41) is 6.36. The van der Waals surface area contributed by atoms with Crippen molar-refractivity contribution in [2.75, 3.05) is 25.1 Å². The third-order valence-electron chi connectivity index (χ3n) is 5.13. The summed E-state index contributed by atoms with van der Waals surface area (Å²) in [5.41, 5.74) is 3.00. The van der Waals surface area contributed by atoms with E-state index in [1.807, 2.05) is 50.2 Å². The number of hydrogen-bond donors (Lipinski definition) is 2. The monoisotopic (exact) mass is 504 g/mol. The molecule has 0 bridgehead atoms. The van der Waals surface area contributed by atoms with E-state index in [0.717, 1.165) is 34.4 Å². The fourth-order valence-corrected chi connectivity index (χ4v) is 3.79. The molecule has 176 valence electrons. The van der Waals surface area contributed by atoms with Gasteiger partial charge in [0.25, 0.3) is 5.91 Å². The second-order valence-corrected chi connectivity index (χ2v) is 8.83. The lowest BCUT2D eigenvalue weighted by atomic mass is 10.1. The van der Waals surface area contributed by atoms with Crippen LogP contribution >= 0.6 is 15.9 Å². The highest BCUT2D eigenvalue weighted by atomic mass is 79.9.